The third kappa shape index (κ3) is 4.95. The summed E-state index contributed by atoms with van der Waals surface area (Å²) in [5, 5.41) is 0. The molecule has 1 heterocycles. The van der Waals surface area contributed by atoms with Gasteiger partial charge in [-0.15, -0.1) is 0 Å². The van der Waals surface area contributed by atoms with Crippen molar-refractivity contribution in [2.75, 3.05) is 38.5 Å². The van der Waals surface area contributed by atoms with Crippen LogP contribution in [-0.2, 0) is 10.0 Å². The van der Waals surface area contributed by atoms with Crippen molar-refractivity contribution in [2.45, 2.75) is 13.3 Å². The maximum atomic E-state index is 11.8. The zero-order valence-electron chi connectivity index (χ0n) is 12.6. The Morgan fingerprint density at radius 1 is 1.10 bits per heavy atom. The Hall–Kier alpha value is -1.17. The van der Waals surface area contributed by atoms with Gasteiger partial charge in [-0.2, -0.15) is 4.31 Å². The molecule has 1 saturated heterocycles. The minimum Gasteiger partial charge on any atom is -0.300 e. The van der Waals surface area contributed by atoms with Crippen LogP contribution < -0.4 is 0 Å². The summed E-state index contributed by atoms with van der Waals surface area (Å²) in [6.45, 7) is 5.60. The van der Waals surface area contributed by atoms with Crippen LogP contribution in [0.15, 0.2) is 36.4 Å². The summed E-state index contributed by atoms with van der Waals surface area (Å²) in [6.07, 6.45) is 5.32. The zero-order chi connectivity index (χ0) is 15.1. The molecule has 0 aromatic heterocycles. The van der Waals surface area contributed by atoms with E-state index < -0.39 is 10.0 Å². The van der Waals surface area contributed by atoms with E-state index >= 15 is 0 Å². The van der Waals surface area contributed by atoms with Crippen LogP contribution in [0, 0.1) is 0 Å². The molecule has 4 nitrogen and oxygen atoms in total. The molecule has 0 aliphatic carbocycles. The zero-order valence-corrected chi connectivity index (χ0v) is 13.4. The second-order valence-corrected chi connectivity index (χ2v) is 7.50. The van der Waals surface area contributed by atoms with Crippen molar-refractivity contribution in [1.82, 2.24) is 9.21 Å². The van der Waals surface area contributed by atoms with E-state index in [0.717, 1.165) is 26.1 Å². The molecule has 0 saturated carbocycles. The molecule has 116 valence electrons. The highest BCUT2D eigenvalue weighted by molar-refractivity contribution is 7.89. The third-order valence-electron chi connectivity index (χ3n) is 3.81. The van der Waals surface area contributed by atoms with Gasteiger partial charge in [-0.1, -0.05) is 42.5 Å². The molecule has 21 heavy (non-hydrogen) atoms. The van der Waals surface area contributed by atoms with Crippen molar-refractivity contribution in [2.24, 2.45) is 0 Å². The second-order valence-electron chi connectivity index (χ2n) is 5.24. The Bertz CT molecular complexity index is 547. The van der Waals surface area contributed by atoms with E-state index in [1.807, 2.05) is 18.2 Å². The summed E-state index contributed by atoms with van der Waals surface area (Å²) < 4.78 is 25.2. The molecule has 0 radical (unpaired) electrons. The molecule has 0 unspecified atom stereocenters. The molecule has 2 rings (SSSR count). The molecule has 0 amide bonds. The van der Waals surface area contributed by atoms with Crippen LogP contribution in [0.3, 0.4) is 0 Å². The summed E-state index contributed by atoms with van der Waals surface area (Å²) in [5.41, 5.74) is 1.22. The minimum atomic E-state index is -3.01. The number of hydrogen-bond donors (Lipinski definition) is 0. The molecule has 1 aliphatic rings. The average Bonchev–Trinajstić information content (AvgIpc) is 2.53. The monoisotopic (exact) mass is 308 g/mol. The fourth-order valence-corrected chi connectivity index (χ4v) is 3.54. The number of nitrogens with zero attached hydrogens (tertiary/aromatic N) is 2. The van der Waals surface area contributed by atoms with Gasteiger partial charge in [0.2, 0.25) is 10.0 Å². The molecular formula is C16H24N2O2S. The Balaban J connectivity index is 1.71. The fourth-order valence-electron chi connectivity index (χ4n) is 2.45. The summed E-state index contributed by atoms with van der Waals surface area (Å²) in [4.78, 5) is 2.33. The molecule has 0 atom stereocenters. The third-order valence-corrected chi connectivity index (χ3v) is 5.69. The van der Waals surface area contributed by atoms with Crippen LogP contribution in [0.4, 0.5) is 0 Å². The van der Waals surface area contributed by atoms with E-state index in [-0.39, 0.29) is 5.75 Å². The first-order chi connectivity index (χ1) is 10.1. The first-order valence-electron chi connectivity index (χ1n) is 7.53. The first kappa shape index (κ1) is 16.2. The number of benzene rings is 1. The van der Waals surface area contributed by atoms with E-state index in [9.17, 15) is 8.42 Å². The summed E-state index contributed by atoms with van der Waals surface area (Å²) >= 11 is 0. The molecule has 0 N–H and O–H groups in total. The number of sulfonamides is 1. The van der Waals surface area contributed by atoms with Crippen molar-refractivity contribution in [3.05, 3.63) is 42.0 Å². The molecule has 1 aromatic carbocycles. The minimum absolute atomic E-state index is 0.201. The van der Waals surface area contributed by atoms with E-state index in [1.165, 1.54) is 5.56 Å². The largest absolute Gasteiger partial charge is 0.300 e. The van der Waals surface area contributed by atoms with Gasteiger partial charge in [-0.3, -0.25) is 0 Å². The van der Waals surface area contributed by atoms with Crippen molar-refractivity contribution in [3.8, 4) is 0 Å². The van der Waals surface area contributed by atoms with Gasteiger partial charge in [-0.25, -0.2) is 8.42 Å². The quantitative estimate of drug-likeness (QED) is 0.807. The molecule has 1 aromatic rings. The predicted octanol–water partition coefficient (Wildman–Crippen LogP) is 2.06. The normalized spacial score (nSPS) is 18.3. The second kappa shape index (κ2) is 7.73. The van der Waals surface area contributed by atoms with E-state index in [0.29, 0.717) is 13.1 Å². The smallest absolute Gasteiger partial charge is 0.213 e. The lowest BCUT2D eigenvalue weighted by molar-refractivity contribution is 0.191. The summed E-state index contributed by atoms with van der Waals surface area (Å²) in [7, 11) is -3.01. The van der Waals surface area contributed by atoms with E-state index in [2.05, 4.69) is 29.2 Å². The predicted molar refractivity (Wildman–Crippen MR) is 87.6 cm³/mol. The lowest BCUT2D eigenvalue weighted by Gasteiger charge is -2.33. The highest BCUT2D eigenvalue weighted by Crippen LogP contribution is 2.09. The number of rotatable bonds is 6. The van der Waals surface area contributed by atoms with Crippen LogP contribution in [-0.4, -0.2) is 56.1 Å². The molecule has 5 heteroatoms. The maximum Gasteiger partial charge on any atom is 0.213 e. The van der Waals surface area contributed by atoms with Crippen LogP contribution in [0.2, 0.25) is 0 Å². The molecule has 1 fully saturated rings. The van der Waals surface area contributed by atoms with E-state index in [1.54, 1.807) is 11.2 Å². The number of piperazine rings is 1. The Morgan fingerprint density at radius 2 is 1.76 bits per heavy atom. The van der Waals surface area contributed by atoms with Gasteiger partial charge in [0.25, 0.3) is 0 Å². The lowest BCUT2D eigenvalue weighted by Crippen LogP contribution is -2.49. The van der Waals surface area contributed by atoms with Gasteiger partial charge < -0.3 is 4.90 Å². The maximum absolute atomic E-state index is 11.8. The SMILES string of the molecule is CCS(=O)(=O)N1CCN(CC/C=C/c2ccccc2)CC1. The first-order valence-corrected chi connectivity index (χ1v) is 9.14. The standard InChI is InChI=1S/C16H24N2O2S/c1-2-21(19,20)18-14-12-17(13-15-18)11-7-6-10-16-8-4-3-5-9-16/h3-6,8-10H,2,7,11-15H2,1H3/b10-6+. The van der Waals surface area contributed by atoms with Gasteiger partial charge in [0.15, 0.2) is 0 Å². The number of hydrogen-bond acceptors (Lipinski definition) is 3. The molecule has 0 spiro atoms. The van der Waals surface area contributed by atoms with Crippen molar-refractivity contribution >= 4 is 16.1 Å². The van der Waals surface area contributed by atoms with Gasteiger partial charge in [0.05, 0.1) is 5.75 Å². The van der Waals surface area contributed by atoms with Gasteiger partial charge in [0, 0.05) is 32.7 Å². The molecule has 0 bridgehead atoms. The topological polar surface area (TPSA) is 40.6 Å². The van der Waals surface area contributed by atoms with E-state index in [4.69, 9.17) is 0 Å². The fraction of sp³-hybridized carbons (Fsp3) is 0.500. The Labute approximate surface area is 128 Å². The molecular weight excluding hydrogens is 284 g/mol. The Kier molecular flexibility index (Phi) is 5.96. The van der Waals surface area contributed by atoms with Crippen molar-refractivity contribution < 1.29 is 8.42 Å². The summed E-state index contributed by atoms with van der Waals surface area (Å²) in [6, 6.07) is 10.3. The van der Waals surface area contributed by atoms with Gasteiger partial charge >= 0.3 is 0 Å². The van der Waals surface area contributed by atoms with Crippen molar-refractivity contribution in [1.29, 1.82) is 0 Å². The van der Waals surface area contributed by atoms with Crippen LogP contribution >= 0.6 is 0 Å². The van der Waals surface area contributed by atoms with Crippen LogP contribution in [0.25, 0.3) is 6.08 Å². The van der Waals surface area contributed by atoms with Crippen LogP contribution in [0.5, 0.6) is 0 Å². The highest BCUT2D eigenvalue weighted by Gasteiger charge is 2.24. The lowest BCUT2D eigenvalue weighted by atomic mass is 10.2. The molecule has 1 aliphatic heterocycles. The summed E-state index contributed by atoms with van der Waals surface area (Å²) in [5.74, 6) is 0.201. The van der Waals surface area contributed by atoms with Crippen LogP contribution in [0.1, 0.15) is 18.9 Å². The highest BCUT2D eigenvalue weighted by atomic mass is 32.2. The Morgan fingerprint density at radius 3 is 2.38 bits per heavy atom. The van der Waals surface area contributed by atoms with Gasteiger partial charge in [0.1, 0.15) is 0 Å². The van der Waals surface area contributed by atoms with Crippen molar-refractivity contribution in [3.63, 3.8) is 0 Å². The average molecular weight is 308 g/mol. The van der Waals surface area contributed by atoms with Gasteiger partial charge in [-0.05, 0) is 18.9 Å².